The molecule has 0 spiro atoms. The molecule has 0 unspecified atom stereocenters. The second-order valence-corrected chi connectivity index (χ2v) is 8.87. The topological polar surface area (TPSA) is 59.1 Å². The van der Waals surface area contributed by atoms with Crippen molar-refractivity contribution in [2.45, 2.75) is 70.6 Å². The van der Waals surface area contributed by atoms with E-state index >= 15 is 0 Å². The summed E-state index contributed by atoms with van der Waals surface area (Å²) >= 11 is 0. The molecule has 0 bridgehead atoms. The number of para-hydroxylation sites is 1. The number of nitrogens with one attached hydrogen (secondary N) is 2. The monoisotopic (exact) mass is 484 g/mol. The van der Waals surface area contributed by atoms with Gasteiger partial charge in [0.1, 0.15) is 17.1 Å². The fourth-order valence-corrected chi connectivity index (χ4v) is 4.22. The minimum Gasteiger partial charge on any atom is -0.490 e. The largest absolute Gasteiger partial charge is 0.490 e. The molecule has 1 aliphatic carbocycles. The van der Waals surface area contributed by atoms with Gasteiger partial charge in [-0.3, -0.25) is 0 Å². The van der Waals surface area contributed by atoms with Gasteiger partial charge >= 0.3 is 6.18 Å². The van der Waals surface area contributed by atoms with Crippen LogP contribution in [0, 0.1) is 0 Å². The van der Waals surface area contributed by atoms with Gasteiger partial charge in [-0.2, -0.15) is 18.2 Å². The summed E-state index contributed by atoms with van der Waals surface area (Å²) in [5.41, 5.74) is 1.31. The zero-order chi connectivity index (χ0) is 24.7. The predicted molar refractivity (Wildman–Crippen MR) is 133 cm³/mol. The summed E-state index contributed by atoms with van der Waals surface area (Å²) in [6.07, 6.45) is 4.95. The number of halogens is 3. The van der Waals surface area contributed by atoms with Crippen molar-refractivity contribution >= 4 is 23.1 Å². The van der Waals surface area contributed by atoms with Crippen molar-refractivity contribution < 1.29 is 17.9 Å². The smallest absolute Gasteiger partial charge is 0.421 e. The van der Waals surface area contributed by atoms with E-state index in [1.165, 1.54) is 19.3 Å². The minimum atomic E-state index is -4.59. The second kappa shape index (κ2) is 11.4. The molecule has 35 heavy (non-hydrogen) atoms. The number of alkyl halides is 3. The van der Waals surface area contributed by atoms with Crippen molar-refractivity contribution in [1.82, 2.24) is 9.97 Å². The molecule has 1 aromatic heterocycles. The van der Waals surface area contributed by atoms with Crippen LogP contribution in [0.25, 0.3) is 0 Å². The summed E-state index contributed by atoms with van der Waals surface area (Å²) in [7, 11) is 0. The van der Waals surface area contributed by atoms with E-state index in [1.54, 1.807) is 12.1 Å². The van der Waals surface area contributed by atoms with E-state index in [-0.39, 0.29) is 17.9 Å². The lowest BCUT2D eigenvalue weighted by Gasteiger charge is -2.23. The van der Waals surface area contributed by atoms with E-state index in [1.807, 2.05) is 36.4 Å². The lowest BCUT2D eigenvalue weighted by atomic mass is 9.98. The first-order valence-corrected chi connectivity index (χ1v) is 12.3. The molecule has 0 saturated heterocycles. The highest BCUT2D eigenvalue weighted by molar-refractivity contribution is 5.65. The van der Waals surface area contributed by atoms with Crippen LogP contribution >= 0.6 is 0 Å². The maximum Gasteiger partial charge on any atom is 0.421 e. The standard InChI is InChI=1S/C27H31F3N4O/c1-2-3-9-19-10-7-8-13-24(19)33-25-23(27(28,29)30)18-31-26(34-25)32-20-14-16-22(17-15-20)35-21-11-5-4-6-12-21/h7-8,10,13-18,21H,2-6,9,11-12H2,1H3,(H2,31,32,33,34). The molecular weight excluding hydrogens is 453 g/mol. The summed E-state index contributed by atoms with van der Waals surface area (Å²) in [6, 6.07) is 14.7. The van der Waals surface area contributed by atoms with Crippen LogP contribution in [0.15, 0.2) is 54.7 Å². The molecule has 1 saturated carbocycles. The first-order valence-electron chi connectivity index (χ1n) is 12.3. The van der Waals surface area contributed by atoms with Crippen LogP contribution in [-0.4, -0.2) is 16.1 Å². The Morgan fingerprint density at radius 1 is 0.971 bits per heavy atom. The van der Waals surface area contributed by atoms with Crippen molar-refractivity contribution in [2.75, 3.05) is 10.6 Å². The zero-order valence-corrected chi connectivity index (χ0v) is 19.9. The summed E-state index contributed by atoms with van der Waals surface area (Å²) in [6.45, 7) is 2.08. The molecule has 2 aromatic carbocycles. The molecule has 8 heteroatoms. The van der Waals surface area contributed by atoms with Crippen LogP contribution in [0.2, 0.25) is 0 Å². The van der Waals surface area contributed by atoms with Crippen LogP contribution in [0.4, 0.5) is 36.3 Å². The molecule has 1 heterocycles. The number of aromatic nitrogens is 2. The highest BCUT2D eigenvalue weighted by Crippen LogP contribution is 2.36. The summed E-state index contributed by atoms with van der Waals surface area (Å²) in [5, 5.41) is 5.91. The predicted octanol–water partition coefficient (Wildman–Crippen LogP) is 8.04. The highest BCUT2D eigenvalue weighted by atomic mass is 19.4. The van der Waals surface area contributed by atoms with Crippen molar-refractivity contribution in [3.05, 3.63) is 65.9 Å². The van der Waals surface area contributed by atoms with Gasteiger partial charge < -0.3 is 15.4 Å². The molecule has 1 aliphatic rings. The van der Waals surface area contributed by atoms with Gasteiger partial charge in [0.15, 0.2) is 0 Å². The van der Waals surface area contributed by atoms with Gasteiger partial charge in [-0.15, -0.1) is 0 Å². The Hall–Kier alpha value is -3.29. The average Bonchev–Trinajstić information content (AvgIpc) is 2.85. The zero-order valence-electron chi connectivity index (χ0n) is 19.9. The quantitative estimate of drug-likeness (QED) is 0.322. The third kappa shape index (κ3) is 6.87. The first kappa shape index (κ1) is 24.8. The number of anilines is 4. The molecule has 2 N–H and O–H groups in total. The number of hydrogen-bond acceptors (Lipinski definition) is 5. The Balaban J connectivity index is 1.52. The van der Waals surface area contributed by atoms with E-state index in [2.05, 4.69) is 27.5 Å². The SMILES string of the molecule is CCCCc1ccccc1Nc1nc(Nc2ccc(OC3CCCCC3)cc2)ncc1C(F)(F)F. The van der Waals surface area contributed by atoms with Crippen molar-refractivity contribution in [1.29, 1.82) is 0 Å². The molecule has 5 nitrogen and oxygen atoms in total. The lowest BCUT2D eigenvalue weighted by Crippen LogP contribution is -2.19. The maximum absolute atomic E-state index is 13.7. The summed E-state index contributed by atoms with van der Waals surface area (Å²) < 4.78 is 47.1. The number of benzene rings is 2. The fraction of sp³-hybridized carbons (Fsp3) is 0.407. The van der Waals surface area contributed by atoms with Crippen LogP contribution < -0.4 is 15.4 Å². The number of aryl methyl sites for hydroxylation is 1. The molecule has 0 atom stereocenters. The van der Waals surface area contributed by atoms with Crippen LogP contribution in [-0.2, 0) is 12.6 Å². The van der Waals surface area contributed by atoms with Crippen LogP contribution in [0.5, 0.6) is 5.75 Å². The van der Waals surface area contributed by atoms with Gasteiger partial charge in [0.25, 0.3) is 0 Å². The molecule has 0 amide bonds. The summed E-state index contributed by atoms with van der Waals surface area (Å²) in [5.74, 6) is 0.575. The Kier molecular flexibility index (Phi) is 8.10. The van der Waals surface area contributed by atoms with Gasteiger partial charge in [-0.1, -0.05) is 38.0 Å². The Morgan fingerprint density at radius 2 is 1.71 bits per heavy atom. The number of rotatable bonds is 9. The van der Waals surface area contributed by atoms with E-state index in [0.717, 1.165) is 49.6 Å². The fourth-order valence-electron chi connectivity index (χ4n) is 4.22. The van der Waals surface area contributed by atoms with Gasteiger partial charge in [0, 0.05) is 17.6 Å². The van der Waals surface area contributed by atoms with Crippen molar-refractivity contribution in [2.24, 2.45) is 0 Å². The Bertz CT molecular complexity index is 1100. The molecule has 186 valence electrons. The Morgan fingerprint density at radius 3 is 2.43 bits per heavy atom. The van der Waals surface area contributed by atoms with Crippen LogP contribution in [0.1, 0.15) is 63.0 Å². The third-order valence-corrected chi connectivity index (χ3v) is 6.13. The Labute approximate surface area is 204 Å². The minimum absolute atomic E-state index is 0.0764. The number of unbranched alkanes of at least 4 members (excludes halogenated alkanes) is 1. The second-order valence-electron chi connectivity index (χ2n) is 8.87. The number of ether oxygens (including phenoxy) is 1. The molecule has 0 radical (unpaired) electrons. The van der Waals surface area contributed by atoms with E-state index in [0.29, 0.717) is 11.4 Å². The maximum atomic E-state index is 13.7. The molecule has 0 aliphatic heterocycles. The van der Waals surface area contributed by atoms with Gasteiger partial charge in [0.2, 0.25) is 5.95 Å². The van der Waals surface area contributed by atoms with Gasteiger partial charge in [-0.25, -0.2) is 4.98 Å². The molecule has 1 fully saturated rings. The summed E-state index contributed by atoms with van der Waals surface area (Å²) in [4.78, 5) is 8.10. The normalized spacial score (nSPS) is 14.5. The first-order chi connectivity index (χ1) is 16.9. The van der Waals surface area contributed by atoms with Crippen molar-refractivity contribution in [3.8, 4) is 5.75 Å². The molecule has 4 rings (SSSR count). The number of hydrogen-bond donors (Lipinski definition) is 2. The third-order valence-electron chi connectivity index (χ3n) is 6.13. The van der Waals surface area contributed by atoms with E-state index in [4.69, 9.17) is 4.74 Å². The van der Waals surface area contributed by atoms with Crippen LogP contribution in [0.3, 0.4) is 0 Å². The van der Waals surface area contributed by atoms with Crippen molar-refractivity contribution in [3.63, 3.8) is 0 Å². The van der Waals surface area contributed by atoms with E-state index < -0.39 is 11.7 Å². The average molecular weight is 485 g/mol. The number of nitrogens with zero attached hydrogens (tertiary/aromatic N) is 2. The molecular formula is C27H31F3N4O. The molecule has 3 aromatic rings. The van der Waals surface area contributed by atoms with Gasteiger partial charge in [0.05, 0.1) is 6.10 Å². The highest BCUT2D eigenvalue weighted by Gasteiger charge is 2.35. The van der Waals surface area contributed by atoms with Gasteiger partial charge in [-0.05, 0) is 74.4 Å². The van der Waals surface area contributed by atoms with E-state index in [9.17, 15) is 13.2 Å². The lowest BCUT2D eigenvalue weighted by molar-refractivity contribution is -0.137.